The molecule has 2 fully saturated rings. The first-order chi connectivity index (χ1) is 10.1. The fourth-order valence-electron chi connectivity index (χ4n) is 2.90. The SMILES string of the molecule is CN(P)C1CCN([C@@H](CCO)C(=O)N2CCOCC2)C1=O. The predicted molar refractivity (Wildman–Crippen MR) is 80.5 cm³/mol. The Balaban J connectivity index is 2.07. The molecule has 2 heterocycles. The summed E-state index contributed by atoms with van der Waals surface area (Å²) in [4.78, 5) is 28.4. The first-order valence-electron chi connectivity index (χ1n) is 7.31. The summed E-state index contributed by atoms with van der Waals surface area (Å²) >= 11 is 0. The van der Waals surface area contributed by atoms with E-state index < -0.39 is 6.04 Å². The standard InChI is InChI=1S/C13H24N3O4P/c1-14(21)10-2-4-16(13(10)19)11(3-7-17)12(18)15-5-8-20-9-6-15/h10-11,17H,2-9,21H2,1H3/t10?,11-/m0/s1. The quantitative estimate of drug-likeness (QED) is 0.653. The molecule has 21 heavy (non-hydrogen) atoms. The van der Waals surface area contributed by atoms with Crippen molar-refractivity contribution in [2.45, 2.75) is 24.9 Å². The number of aliphatic hydroxyl groups excluding tert-OH is 1. The lowest BCUT2D eigenvalue weighted by atomic mass is 10.1. The molecule has 2 aliphatic rings. The third kappa shape index (κ3) is 3.72. The Kier molecular flexibility index (Phi) is 5.93. The van der Waals surface area contributed by atoms with Crippen LogP contribution in [-0.2, 0) is 14.3 Å². The highest BCUT2D eigenvalue weighted by Crippen LogP contribution is 2.23. The molecule has 1 N–H and O–H groups in total. The van der Waals surface area contributed by atoms with Crippen molar-refractivity contribution in [3.05, 3.63) is 0 Å². The normalized spacial score (nSPS) is 24.8. The Hall–Kier alpha value is -0.750. The van der Waals surface area contributed by atoms with Gasteiger partial charge in [-0.3, -0.25) is 14.3 Å². The van der Waals surface area contributed by atoms with Crippen molar-refractivity contribution in [2.24, 2.45) is 0 Å². The third-order valence-corrected chi connectivity index (χ3v) is 4.45. The molecule has 8 heteroatoms. The van der Waals surface area contributed by atoms with Gasteiger partial charge >= 0.3 is 0 Å². The minimum Gasteiger partial charge on any atom is -0.396 e. The van der Waals surface area contributed by atoms with E-state index in [0.29, 0.717) is 39.3 Å². The van der Waals surface area contributed by atoms with Gasteiger partial charge in [0.15, 0.2) is 0 Å². The highest BCUT2D eigenvalue weighted by molar-refractivity contribution is 7.13. The molecule has 0 aromatic rings. The molecule has 0 bridgehead atoms. The first kappa shape index (κ1) is 16.6. The van der Waals surface area contributed by atoms with Crippen molar-refractivity contribution in [3.63, 3.8) is 0 Å². The molecule has 2 aliphatic heterocycles. The smallest absolute Gasteiger partial charge is 0.245 e. The number of hydrogen-bond donors (Lipinski definition) is 1. The second kappa shape index (κ2) is 7.49. The van der Waals surface area contributed by atoms with Crippen LogP contribution < -0.4 is 0 Å². The van der Waals surface area contributed by atoms with Crippen LogP contribution in [0.1, 0.15) is 12.8 Å². The minimum atomic E-state index is -0.560. The maximum Gasteiger partial charge on any atom is 0.245 e. The number of amides is 2. The van der Waals surface area contributed by atoms with E-state index in [0.717, 1.165) is 0 Å². The van der Waals surface area contributed by atoms with Gasteiger partial charge in [0.1, 0.15) is 6.04 Å². The van der Waals surface area contributed by atoms with E-state index in [-0.39, 0.29) is 30.9 Å². The number of ether oxygens (including phenoxy) is 1. The van der Waals surface area contributed by atoms with Crippen LogP contribution >= 0.6 is 9.39 Å². The predicted octanol–water partition coefficient (Wildman–Crippen LogP) is -1.08. The molecule has 0 aliphatic carbocycles. The zero-order valence-corrected chi connectivity index (χ0v) is 13.6. The van der Waals surface area contributed by atoms with Crippen molar-refractivity contribution in [1.82, 2.24) is 14.5 Å². The summed E-state index contributed by atoms with van der Waals surface area (Å²) in [6.45, 7) is 2.62. The number of likely N-dealkylation sites (N-methyl/N-ethyl adjacent to an activating group) is 1. The molecule has 2 amide bonds. The molecular formula is C13H24N3O4P. The van der Waals surface area contributed by atoms with Gasteiger partial charge in [-0.05, 0) is 19.9 Å². The molecule has 0 saturated carbocycles. The molecule has 7 nitrogen and oxygen atoms in total. The summed E-state index contributed by atoms with van der Waals surface area (Å²) in [6.07, 6.45) is 0.992. The van der Waals surface area contributed by atoms with Crippen molar-refractivity contribution in [1.29, 1.82) is 0 Å². The molecule has 3 atom stereocenters. The first-order valence-corrected chi connectivity index (χ1v) is 7.83. The van der Waals surface area contributed by atoms with E-state index in [9.17, 15) is 14.7 Å². The number of carbonyl (C=O) groups excluding carboxylic acids is 2. The number of rotatable bonds is 5. The van der Waals surface area contributed by atoms with Gasteiger partial charge in [0.2, 0.25) is 11.8 Å². The van der Waals surface area contributed by atoms with Crippen LogP contribution in [0.4, 0.5) is 0 Å². The van der Waals surface area contributed by atoms with Crippen LogP contribution in [-0.4, -0.2) is 90.0 Å². The molecule has 0 radical (unpaired) electrons. The van der Waals surface area contributed by atoms with Gasteiger partial charge in [0.25, 0.3) is 0 Å². The van der Waals surface area contributed by atoms with E-state index in [1.54, 1.807) is 14.5 Å². The van der Waals surface area contributed by atoms with Gasteiger partial charge < -0.3 is 19.6 Å². The Morgan fingerprint density at radius 2 is 2.14 bits per heavy atom. The number of hydrogen-bond acceptors (Lipinski definition) is 5. The van der Waals surface area contributed by atoms with E-state index in [4.69, 9.17) is 4.74 Å². The Morgan fingerprint density at radius 1 is 1.48 bits per heavy atom. The fraction of sp³-hybridized carbons (Fsp3) is 0.846. The summed E-state index contributed by atoms with van der Waals surface area (Å²) in [5.41, 5.74) is 0. The highest BCUT2D eigenvalue weighted by Gasteiger charge is 2.40. The lowest BCUT2D eigenvalue weighted by Gasteiger charge is -2.34. The van der Waals surface area contributed by atoms with Crippen LogP contribution in [0.5, 0.6) is 0 Å². The molecule has 120 valence electrons. The summed E-state index contributed by atoms with van der Waals surface area (Å²) in [7, 11) is 4.34. The summed E-state index contributed by atoms with van der Waals surface area (Å²) in [6, 6.07) is -0.760. The monoisotopic (exact) mass is 317 g/mol. The van der Waals surface area contributed by atoms with Gasteiger partial charge in [-0.15, -0.1) is 0 Å². The van der Waals surface area contributed by atoms with E-state index in [1.165, 1.54) is 0 Å². The van der Waals surface area contributed by atoms with Gasteiger partial charge in [0.05, 0.1) is 19.3 Å². The van der Waals surface area contributed by atoms with Gasteiger partial charge in [-0.1, -0.05) is 9.39 Å². The second-order valence-corrected chi connectivity index (χ2v) is 6.28. The fourth-order valence-corrected chi connectivity index (χ4v) is 3.18. The minimum absolute atomic E-state index is 0.0347. The zero-order valence-electron chi connectivity index (χ0n) is 12.4. The van der Waals surface area contributed by atoms with Crippen LogP contribution in [0, 0.1) is 0 Å². The molecule has 2 unspecified atom stereocenters. The lowest BCUT2D eigenvalue weighted by molar-refractivity contribution is -0.147. The van der Waals surface area contributed by atoms with E-state index in [1.807, 2.05) is 7.05 Å². The molecule has 0 aromatic heterocycles. The van der Waals surface area contributed by atoms with Crippen molar-refractivity contribution >= 4 is 21.2 Å². The van der Waals surface area contributed by atoms with E-state index in [2.05, 4.69) is 9.39 Å². The second-order valence-electron chi connectivity index (χ2n) is 5.47. The number of morpholine rings is 1. The van der Waals surface area contributed by atoms with Gasteiger partial charge in [0, 0.05) is 26.2 Å². The summed E-state index contributed by atoms with van der Waals surface area (Å²) < 4.78 is 7.05. The topological polar surface area (TPSA) is 73.3 Å². The molecule has 0 spiro atoms. The zero-order chi connectivity index (χ0) is 15.4. The molecule has 0 aromatic carbocycles. The Bertz CT molecular complexity index is 388. The number of nitrogens with zero attached hydrogens (tertiary/aromatic N) is 3. The average Bonchev–Trinajstić information content (AvgIpc) is 2.87. The van der Waals surface area contributed by atoms with Crippen LogP contribution in [0.25, 0.3) is 0 Å². The maximum absolute atomic E-state index is 12.6. The lowest BCUT2D eigenvalue weighted by Crippen LogP contribution is -2.53. The van der Waals surface area contributed by atoms with Crippen molar-refractivity contribution in [2.75, 3.05) is 46.5 Å². The Labute approximate surface area is 127 Å². The van der Waals surface area contributed by atoms with Crippen LogP contribution in [0.3, 0.4) is 0 Å². The number of aliphatic hydroxyl groups is 1. The summed E-state index contributed by atoms with van der Waals surface area (Å²) in [5, 5.41) is 9.26. The van der Waals surface area contributed by atoms with Crippen molar-refractivity contribution < 1.29 is 19.4 Å². The molecular weight excluding hydrogens is 293 g/mol. The van der Waals surface area contributed by atoms with Gasteiger partial charge in [-0.25, -0.2) is 0 Å². The molecule has 2 rings (SSSR count). The molecule has 2 saturated heterocycles. The third-order valence-electron chi connectivity index (χ3n) is 4.09. The largest absolute Gasteiger partial charge is 0.396 e. The van der Waals surface area contributed by atoms with Crippen molar-refractivity contribution in [3.8, 4) is 0 Å². The maximum atomic E-state index is 12.6. The van der Waals surface area contributed by atoms with Crippen LogP contribution in [0.2, 0.25) is 0 Å². The van der Waals surface area contributed by atoms with Gasteiger partial charge in [-0.2, -0.15) is 0 Å². The average molecular weight is 317 g/mol. The number of carbonyl (C=O) groups is 2. The van der Waals surface area contributed by atoms with E-state index >= 15 is 0 Å². The number of likely N-dealkylation sites (tertiary alicyclic amines) is 1. The Morgan fingerprint density at radius 3 is 2.67 bits per heavy atom. The van der Waals surface area contributed by atoms with Crippen LogP contribution in [0.15, 0.2) is 0 Å². The highest BCUT2D eigenvalue weighted by atomic mass is 31.0. The summed E-state index contributed by atoms with van der Waals surface area (Å²) in [5.74, 6) is -0.111.